The average molecular weight is 223 g/mol. The van der Waals surface area contributed by atoms with Crippen molar-refractivity contribution in [2.24, 2.45) is 0 Å². The molecule has 86 valence electrons. The van der Waals surface area contributed by atoms with Crippen molar-refractivity contribution in [3.05, 3.63) is 0 Å². The van der Waals surface area contributed by atoms with Gasteiger partial charge in [-0.05, 0) is 13.0 Å². The highest BCUT2D eigenvalue weighted by molar-refractivity contribution is 7.99. The van der Waals surface area contributed by atoms with Crippen LogP contribution in [0, 0.1) is 0 Å². The predicted molar refractivity (Wildman–Crippen MR) is 59.6 cm³/mol. The SMILES string of the molecule is CCNC(CCO)CSCC(O)CO. The second kappa shape index (κ2) is 9.73. The van der Waals surface area contributed by atoms with Gasteiger partial charge in [0.05, 0.1) is 12.7 Å². The van der Waals surface area contributed by atoms with E-state index < -0.39 is 6.10 Å². The van der Waals surface area contributed by atoms with Gasteiger partial charge >= 0.3 is 0 Å². The molecule has 0 aromatic rings. The lowest BCUT2D eigenvalue weighted by molar-refractivity contribution is 0.113. The van der Waals surface area contributed by atoms with Crippen molar-refractivity contribution >= 4 is 11.8 Å². The summed E-state index contributed by atoms with van der Waals surface area (Å²) in [6.07, 6.45) is 0.104. The molecule has 0 aliphatic carbocycles. The highest BCUT2D eigenvalue weighted by Gasteiger charge is 2.08. The van der Waals surface area contributed by atoms with Gasteiger partial charge in [0.25, 0.3) is 0 Å². The lowest BCUT2D eigenvalue weighted by Crippen LogP contribution is -2.32. The van der Waals surface area contributed by atoms with E-state index in [1.54, 1.807) is 11.8 Å². The summed E-state index contributed by atoms with van der Waals surface area (Å²) < 4.78 is 0. The summed E-state index contributed by atoms with van der Waals surface area (Å²) >= 11 is 1.59. The van der Waals surface area contributed by atoms with Gasteiger partial charge in [0.1, 0.15) is 0 Å². The molecular formula is C9H21NO3S. The topological polar surface area (TPSA) is 72.7 Å². The molecular weight excluding hydrogens is 202 g/mol. The largest absolute Gasteiger partial charge is 0.396 e. The molecule has 0 spiro atoms. The van der Waals surface area contributed by atoms with E-state index in [2.05, 4.69) is 5.32 Å². The number of rotatable bonds is 9. The molecule has 4 N–H and O–H groups in total. The van der Waals surface area contributed by atoms with Gasteiger partial charge in [-0.2, -0.15) is 11.8 Å². The zero-order chi connectivity index (χ0) is 10.8. The molecule has 0 radical (unpaired) electrons. The van der Waals surface area contributed by atoms with Crippen molar-refractivity contribution in [2.75, 3.05) is 31.3 Å². The van der Waals surface area contributed by atoms with Gasteiger partial charge in [-0.15, -0.1) is 0 Å². The molecule has 2 unspecified atom stereocenters. The first-order valence-electron chi connectivity index (χ1n) is 4.95. The minimum atomic E-state index is -0.628. The summed E-state index contributed by atoms with van der Waals surface area (Å²) in [4.78, 5) is 0. The van der Waals surface area contributed by atoms with E-state index in [1.165, 1.54) is 0 Å². The van der Waals surface area contributed by atoms with Crippen LogP contribution in [0.4, 0.5) is 0 Å². The Kier molecular flexibility index (Phi) is 9.87. The molecule has 5 heteroatoms. The quantitative estimate of drug-likeness (QED) is 0.421. The van der Waals surface area contributed by atoms with Crippen LogP contribution in [0.15, 0.2) is 0 Å². The molecule has 0 saturated carbocycles. The monoisotopic (exact) mass is 223 g/mol. The van der Waals surface area contributed by atoms with Crippen LogP contribution in [-0.4, -0.2) is 58.7 Å². The highest BCUT2D eigenvalue weighted by Crippen LogP contribution is 2.07. The van der Waals surface area contributed by atoms with Crippen molar-refractivity contribution in [3.63, 3.8) is 0 Å². The summed E-state index contributed by atoms with van der Waals surface area (Å²) in [5, 5.41) is 29.7. The Hall–Kier alpha value is 0.190. The van der Waals surface area contributed by atoms with Gasteiger partial charge in [0, 0.05) is 24.2 Å². The van der Waals surface area contributed by atoms with E-state index in [9.17, 15) is 0 Å². The third-order valence-corrected chi connectivity index (χ3v) is 3.07. The number of thioether (sulfide) groups is 1. The van der Waals surface area contributed by atoms with Crippen molar-refractivity contribution in [1.82, 2.24) is 5.32 Å². The Labute approximate surface area is 89.7 Å². The Balaban J connectivity index is 3.49. The van der Waals surface area contributed by atoms with Gasteiger partial charge in [-0.3, -0.25) is 0 Å². The average Bonchev–Trinajstić information content (AvgIpc) is 2.18. The molecule has 4 nitrogen and oxygen atoms in total. The smallest absolute Gasteiger partial charge is 0.0861 e. The van der Waals surface area contributed by atoms with Crippen molar-refractivity contribution in [2.45, 2.75) is 25.5 Å². The second-order valence-electron chi connectivity index (χ2n) is 3.14. The molecule has 0 bridgehead atoms. The summed E-state index contributed by atoms with van der Waals surface area (Å²) in [7, 11) is 0. The first-order valence-corrected chi connectivity index (χ1v) is 6.11. The number of aliphatic hydroxyl groups excluding tert-OH is 3. The Bertz CT molecular complexity index is 121. The van der Waals surface area contributed by atoms with Crippen LogP contribution in [0.1, 0.15) is 13.3 Å². The van der Waals surface area contributed by atoms with Gasteiger partial charge in [0.15, 0.2) is 0 Å². The molecule has 0 aliphatic rings. The number of aliphatic hydroxyl groups is 3. The Morgan fingerprint density at radius 2 is 2.00 bits per heavy atom. The van der Waals surface area contributed by atoms with E-state index >= 15 is 0 Å². The molecule has 0 aliphatic heterocycles. The molecule has 0 saturated heterocycles. The van der Waals surface area contributed by atoms with Crippen molar-refractivity contribution < 1.29 is 15.3 Å². The van der Waals surface area contributed by atoms with Crippen LogP contribution in [0.5, 0.6) is 0 Å². The van der Waals surface area contributed by atoms with Crippen molar-refractivity contribution in [3.8, 4) is 0 Å². The van der Waals surface area contributed by atoms with Crippen LogP contribution < -0.4 is 5.32 Å². The number of nitrogens with one attached hydrogen (secondary N) is 1. The van der Waals surface area contributed by atoms with E-state index in [1.807, 2.05) is 6.92 Å². The Morgan fingerprint density at radius 3 is 2.50 bits per heavy atom. The zero-order valence-electron chi connectivity index (χ0n) is 8.65. The van der Waals surface area contributed by atoms with E-state index in [4.69, 9.17) is 15.3 Å². The molecule has 2 atom stereocenters. The third-order valence-electron chi connectivity index (χ3n) is 1.81. The Morgan fingerprint density at radius 1 is 1.29 bits per heavy atom. The van der Waals surface area contributed by atoms with Gasteiger partial charge in [-0.25, -0.2) is 0 Å². The summed E-state index contributed by atoms with van der Waals surface area (Å²) in [6.45, 7) is 2.91. The van der Waals surface area contributed by atoms with Crippen LogP contribution in [0.25, 0.3) is 0 Å². The minimum absolute atomic E-state index is 0.181. The van der Waals surface area contributed by atoms with E-state index in [-0.39, 0.29) is 13.2 Å². The fraction of sp³-hybridized carbons (Fsp3) is 1.00. The predicted octanol–water partition coefficient (Wildman–Crippen LogP) is -0.567. The molecule has 0 fully saturated rings. The first-order chi connectivity index (χ1) is 6.74. The number of hydrogen-bond acceptors (Lipinski definition) is 5. The molecule has 0 rings (SSSR count). The zero-order valence-corrected chi connectivity index (χ0v) is 9.46. The maximum atomic E-state index is 9.09. The lowest BCUT2D eigenvalue weighted by atomic mass is 10.2. The van der Waals surface area contributed by atoms with Crippen molar-refractivity contribution in [1.29, 1.82) is 0 Å². The fourth-order valence-corrected chi connectivity index (χ4v) is 2.17. The molecule has 0 aromatic heterocycles. The van der Waals surface area contributed by atoms with Gasteiger partial charge in [-0.1, -0.05) is 6.92 Å². The third kappa shape index (κ3) is 7.58. The standard InChI is InChI=1S/C9H21NO3S/c1-2-10-8(3-4-11)6-14-7-9(13)5-12/h8-13H,2-7H2,1H3. The maximum absolute atomic E-state index is 9.09. The highest BCUT2D eigenvalue weighted by atomic mass is 32.2. The second-order valence-corrected chi connectivity index (χ2v) is 4.22. The molecule has 0 aromatic carbocycles. The van der Waals surface area contributed by atoms with Crippen LogP contribution >= 0.6 is 11.8 Å². The summed E-state index contributed by atoms with van der Waals surface area (Å²) in [5.41, 5.74) is 0. The first kappa shape index (κ1) is 14.2. The normalized spacial score (nSPS) is 15.4. The molecule has 14 heavy (non-hydrogen) atoms. The van der Waals surface area contributed by atoms with Crippen LogP contribution in [0.3, 0.4) is 0 Å². The van der Waals surface area contributed by atoms with Crippen LogP contribution in [0.2, 0.25) is 0 Å². The lowest BCUT2D eigenvalue weighted by Gasteiger charge is -2.16. The fourth-order valence-electron chi connectivity index (χ4n) is 1.09. The van der Waals surface area contributed by atoms with E-state index in [0.717, 1.165) is 18.7 Å². The molecule has 0 amide bonds. The van der Waals surface area contributed by atoms with Gasteiger partial charge in [0.2, 0.25) is 0 Å². The van der Waals surface area contributed by atoms with Gasteiger partial charge < -0.3 is 20.6 Å². The van der Waals surface area contributed by atoms with Crippen LogP contribution in [-0.2, 0) is 0 Å². The molecule has 0 heterocycles. The summed E-state index contributed by atoms with van der Waals surface area (Å²) in [6, 6.07) is 0.292. The maximum Gasteiger partial charge on any atom is 0.0861 e. The summed E-state index contributed by atoms with van der Waals surface area (Å²) in [5.74, 6) is 1.40. The number of hydrogen-bond donors (Lipinski definition) is 4. The minimum Gasteiger partial charge on any atom is -0.396 e. The van der Waals surface area contributed by atoms with E-state index in [0.29, 0.717) is 11.8 Å².